The van der Waals surface area contributed by atoms with Crippen LogP contribution in [-0.4, -0.2) is 210 Å². The van der Waals surface area contributed by atoms with Gasteiger partial charge in [-0.3, -0.25) is 14.2 Å². The molecule has 2 aliphatic heterocycles. The molecule has 0 radical (unpaired) electrons. The second-order valence-electron chi connectivity index (χ2n) is 30.9. The van der Waals surface area contributed by atoms with Crippen molar-refractivity contribution in [2.75, 3.05) is 84.0 Å². The largest absolute Gasteiger partial charge is 0.496 e. The van der Waals surface area contributed by atoms with E-state index in [1.165, 1.54) is 6.33 Å². The third-order valence-electron chi connectivity index (χ3n) is 21.9. The number of aryl methyl sites for hydroxylation is 7. The standard InChI is InChI=1S/C21H27ClN4O2.C14H14N4O.C14H13N3O.C12H10N4.C12H15N3O4.C11H14N4O3.C9H11N3O/c1-12-7-13(2)19(17(22)8-12)25-21-20-18(9-14(3)23-21)26(15(4)24-20)16(10-27-5)11-28-6;1-15-14-12-10(7-8-16-14)17-13(18-12)9-5-3-4-6-11(9)19-2;1-9-15-14-13(17(9)2)12(18)8-11(16-14)10-6-4-3-5-7-10;13-11-10-9(6-7-14-11)15-12(16-10)8-4-2-1-3-5-8;1-18-12-11-7(2-3-13-12)14-6-15(11)10-4-8(17)9(5-16)19-10;12-11-10-6(1-2-13-11)15(5-14-10)9-3-7(17)8(4-16)18-9;1-2-3-6-4-7(13)8-9(12-6)11-5-10-8/h7-9,16H,10-11H2,1-6H3,(H,23,25);3-8H,1-2H3,(H,15,16)(H,17,18);3-8H,1-2H3,(H,16,18);1-7H,(H2,13,14)(H,15,16);2-3,6,8-10,16-17H,4-5H2,1H3;1-2,5,7-9,16-17H,3-4H2,(H2,12,13);4-5H,2-3H2,1H3,(H2,10,11,12,13)/t;;;;8?,9-,10?;7-,8+,9?;/m....10./s1. The van der Waals surface area contributed by atoms with E-state index in [9.17, 15) is 19.8 Å². The normalized spacial score (nSPS) is 15.7. The van der Waals surface area contributed by atoms with Crippen LogP contribution in [0.3, 0.4) is 0 Å². The number of aromatic amines is 5. The fourth-order valence-corrected chi connectivity index (χ4v) is 15.9. The number of anilines is 5. The molecule has 37 nitrogen and oxygen atoms in total. The monoisotopic (exact) mass is 1800 g/mol. The van der Waals surface area contributed by atoms with E-state index in [1.54, 1.807) is 99.3 Å². The molecule has 2 saturated heterocycles. The van der Waals surface area contributed by atoms with Crippen molar-refractivity contribution in [2.24, 2.45) is 7.05 Å². The Kier molecular flexibility index (Phi) is 29.9. The molecule has 2 fully saturated rings. The molecule has 0 saturated carbocycles. The number of pyridine rings is 7. The van der Waals surface area contributed by atoms with Crippen molar-refractivity contribution in [3.63, 3.8) is 0 Å². The number of H-pyrrole nitrogens is 5. The fourth-order valence-electron chi connectivity index (χ4n) is 15.6. The molecule has 15 N–H and O–H groups in total. The predicted octanol–water partition coefficient (Wildman–Crippen LogP) is 13.0. The first-order chi connectivity index (χ1) is 63.4. The van der Waals surface area contributed by atoms with Crippen LogP contribution in [0.1, 0.15) is 78.8 Å². The minimum Gasteiger partial charge on any atom is -0.496 e. The number of nitrogens with two attached hydrogens (primary N) is 2. The zero-order valence-electron chi connectivity index (χ0n) is 74.3. The summed E-state index contributed by atoms with van der Waals surface area (Å²) < 4.78 is 40.1. The second kappa shape index (κ2) is 42.2. The number of imidazole rings is 7. The second-order valence-corrected chi connectivity index (χ2v) is 31.3. The van der Waals surface area contributed by atoms with Crippen molar-refractivity contribution in [3.8, 4) is 45.7 Å². The van der Waals surface area contributed by atoms with Crippen LogP contribution in [0.5, 0.6) is 11.6 Å². The Balaban J connectivity index is 0.000000124. The number of hydrogen-bond acceptors (Lipinski definition) is 28. The maximum atomic E-state index is 12.1. The predicted molar refractivity (Wildman–Crippen MR) is 505 cm³/mol. The number of para-hydroxylation sites is 1. The Bertz CT molecular complexity index is 7040. The van der Waals surface area contributed by atoms with Gasteiger partial charge in [-0.05, 0) is 106 Å². The van der Waals surface area contributed by atoms with Crippen LogP contribution in [0.25, 0.3) is 112 Å². The van der Waals surface area contributed by atoms with E-state index < -0.39 is 24.4 Å². The van der Waals surface area contributed by atoms with Crippen LogP contribution in [0.2, 0.25) is 5.02 Å². The van der Waals surface area contributed by atoms with E-state index >= 15 is 0 Å². The highest BCUT2D eigenvalue weighted by Gasteiger charge is 2.37. The summed E-state index contributed by atoms with van der Waals surface area (Å²) in [6.07, 6.45) is 10.9. The molecule has 38 heteroatoms. The Morgan fingerprint density at radius 3 is 1.88 bits per heavy atom. The molecule has 4 aromatic carbocycles. The first-order valence-electron chi connectivity index (χ1n) is 42.1. The Hall–Kier alpha value is -14.4. The van der Waals surface area contributed by atoms with Gasteiger partial charge in [-0.1, -0.05) is 104 Å². The van der Waals surface area contributed by atoms with Gasteiger partial charge in [0.05, 0.1) is 127 Å². The molecule has 0 bridgehead atoms. The smallest absolute Gasteiger partial charge is 0.240 e. The number of nitrogens with zero attached hydrogens (tertiary/aromatic N) is 16. The molecule has 0 spiro atoms. The average molecular weight is 1800 g/mol. The molecule has 680 valence electrons. The Morgan fingerprint density at radius 1 is 0.588 bits per heavy atom. The first-order valence-corrected chi connectivity index (χ1v) is 42.5. The Labute approximate surface area is 755 Å². The topological polar surface area (TPSA) is 500 Å². The van der Waals surface area contributed by atoms with E-state index in [2.05, 4.69) is 103 Å². The van der Waals surface area contributed by atoms with Crippen molar-refractivity contribution in [2.45, 2.75) is 110 Å². The molecule has 2 aliphatic rings. The molecular weight excluding hydrogens is 1690 g/mol. The van der Waals surface area contributed by atoms with Gasteiger partial charge in [-0.2, -0.15) is 0 Å². The average Bonchev–Trinajstić information content (AvgIpc) is 1.65. The summed E-state index contributed by atoms with van der Waals surface area (Å²) in [4.78, 5) is 90.9. The highest BCUT2D eigenvalue weighted by Crippen LogP contribution is 2.38. The van der Waals surface area contributed by atoms with Gasteiger partial charge in [0, 0.05) is 95.0 Å². The number of aromatic nitrogens is 21. The van der Waals surface area contributed by atoms with Crippen molar-refractivity contribution in [1.82, 2.24) is 103 Å². The van der Waals surface area contributed by atoms with Crippen LogP contribution in [0, 0.1) is 34.6 Å². The Morgan fingerprint density at radius 2 is 1.22 bits per heavy atom. The number of aliphatic hydroxyl groups excluding tert-OH is 4. The highest BCUT2D eigenvalue weighted by atomic mass is 35.5. The number of fused-ring (bicyclic) bond motifs is 7. The van der Waals surface area contributed by atoms with Gasteiger partial charge in [0.1, 0.15) is 92.3 Å². The lowest BCUT2D eigenvalue weighted by molar-refractivity contribution is -0.0431. The molecule has 18 aromatic rings. The number of aliphatic hydroxyl groups is 4. The van der Waals surface area contributed by atoms with E-state index in [1.807, 2.05) is 162 Å². The van der Waals surface area contributed by atoms with Gasteiger partial charge >= 0.3 is 0 Å². The molecule has 20 rings (SSSR count). The zero-order valence-corrected chi connectivity index (χ0v) is 75.0. The summed E-state index contributed by atoms with van der Waals surface area (Å²) in [5.41, 5.74) is 30.7. The minimum atomic E-state index is -0.685. The summed E-state index contributed by atoms with van der Waals surface area (Å²) in [5.74, 6) is 6.82. The van der Waals surface area contributed by atoms with Crippen molar-refractivity contribution in [3.05, 3.63) is 243 Å². The van der Waals surface area contributed by atoms with E-state index in [4.69, 9.17) is 71.7 Å². The maximum Gasteiger partial charge on any atom is 0.240 e. The summed E-state index contributed by atoms with van der Waals surface area (Å²) >= 11 is 6.50. The number of hydrogen-bond donors (Lipinski definition) is 13. The van der Waals surface area contributed by atoms with Crippen LogP contribution in [0.15, 0.2) is 193 Å². The van der Waals surface area contributed by atoms with Crippen LogP contribution in [-0.2, 0) is 32.4 Å². The van der Waals surface area contributed by atoms with Crippen LogP contribution < -0.4 is 42.4 Å². The number of benzene rings is 4. The molecule has 0 aliphatic carbocycles. The molecule has 6 atom stereocenters. The van der Waals surface area contributed by atoms with Crippen LogP contribution >= 0.6 is 11.6 Å². The van der Waals surface area contributed by atoms with Crippen LogP contribution in [0.4, 0.5) is 29.0 Å². The summed E-state index contributed by atoms with van der Waals surface area (Å²) in [5, 5.41) is 44.8. The highest BCUT2D eigenvalue weighted by molar-refractivity contribution is 6.33. The SMILES string of the molecule is CCCc1cc(=O)c2[nH]cnc2[nH]1.CNc1nccc2[nH]c(-c3ccccc3OC)nc12.COCC(COC)n1c(C)nc2c(Nc3c(C)cc(C)cc3Cl)nc(C)cc21.COc1nccc2ncn(C3CC(O)[C@@H](CO)O3)c12.Cc1nc2[nH]c(-c3ccccc3)cc(=O)c2n1C.Nc1nccc2[nH]c(-c3ccccc3)nc12.Nc1nccc2c1ncn2C1C[C@H](O)[C@@H](CO)O1. The minimum absolute atomic E-state index is 0.00861. The summed E-state index contributed by atoms with van der Waals surface area (Å²) in [7, 11) is 10.3. The third-order valence-corrected chi connectivity index (χ3v) is 22.2. The van der Waals surface area contributed by atoms with Gasteiger partial charge in [-0.15, -0.1) is 0 Å². The molecule has 3 unspecified atom stereocenters. The van der Waals surface area contributed by atoms with E-state index in [0.717, 1.165) is 148 Å². The number of rotatable bonds is 19. The number of methoxy groups -OCH3 is 4. The number of halogens is 1. The van der Waals surface area contributed by atoms with E-state index in [-0.39, 0.29) is 42.6 Å². The van der Waals surface area contributed by atoms with Gasteiger partial charge < -0.3 is 110 Å². The summed E-state index contributed by atoms with van der Waals surface area (Å²) in [6.45, 7) is 12.6. The molecule has 0 amide bonds. The van der Waals surface area contributed by atoms with Gasteiger partial charge in [-0.25, -0.2) is 59.8 Å². The van der Waals surface area contributed by atoms with Gasteiger partial charge in [0.15, 0.2) is 34.6 Å². The lowest BCUT2D eigenvalue weighted by Gasteiger charge is -2.20. The molecule has 16 heterocycles. The van der Waals surface area contributed by atoms with E-state index in [0.29, 0.717) is 82.3 Å². The number of ether oxygens (including phenoxy) is 6. The fraction of sp³-hybridized carbons (Fsp3) is 0.290. The van der Waals surface area contributed by atoms with Crippen molar-refractivity contribution < 1.29 is 48.8 Å². The lowest BCUT2D eigenvalue weighted by Crippen LogP contribution is -2.24. The molecular formula is C93H104ClN25O12. The van der Waals surface area contributed by atoms with Gasteiger partial charge in [0.25, 0.3) is 0 Å². The number of nitrogen functional groups attached to an aromatic ring is 2. The number of nitrogens with one attached hydrogen (secondary N) is 7. The van der Waals surface area contributed by atoms with Crippen molar-refractivity contribution >= 4 is 118 Å². The van der Waals surface area contributed by atoms with Gasteiger partial charge in [0.2, 0.25) is 16.7 Å². The molecule has 14 aromatic heterocycles. The summed E-state index contributed by atoms with van der Waals surface area (Å²) in [6, 6.07) is 44.2. The third kappa shape index (κ3) is 20.8. The first kappa shape index (κ1) is 92.8. The quantitative estimate of drug-likeness (QED) is 0.0357. The van der Waals surface area contributed by atoms with Crippen molar-refractivity contribution in [1.29, 1.82) is 0 Å². The zero-order chi connectivity index (χ0) is 92.7. The molecule has 131 heavy (non-hydrogen) atoms. The lowest BCUT2D eigenvalue weighted by atomic mass is 10.1. The maximum absolute atomic E-state index is 12.1.